The second-order valence-corrected chi connectivity index (χ2v) is 9.03. The lowest BCUT2D eigenvalue weighted by Crippen LogP contribution is -2.18. The van der Waals surface area contributed by atoms with Gasteiger partial charge in [-0.25, -0.2) is 4.79 Å². The fourth-order valence-corrected chi connectivity index (χ4v) is 4.67. The summed E-state index contributed by atoms with van der Waals surface area (Å²) in [5.74, 6) is -0.379. The normalized spacial score (nSPS) is 11.3. The van der Waals surface area contributed by atoms with Crippen molar-refractivity contribution < 1.29 is 22.8 Å². The van der Waals surface area contributed by atoms with Crippen molar-refractivity contribution in [3.63, 3.8) is 0 Å². The number of hydrogen-bond acceptors (Lipinski definition) is 4. The zero-order chi connectivity index (χ0) is 26.0. The molecule has 37 heavy (non-hydrogen) atoms. The van der Waals surface area contributed by atoms with Gasteiger partial charge in [0.15, 0.2) is 5.78 Å². The first-order valence-electron chi connectivity index (χ1n) is 11.1. The highest BCUT2D eigenvalue weighted by Crippen LogP contribution is 2.39. The van der Waals surface area contributed by atoms with Crippen molar-refractivity contribution in [3.8, 4) is 11.1 Å². The number of carbonyl (C=O) groups excluding carboxylic acids is 2. The maximum atomic E-state index is 13.8. The minimum atomic E-state index is -4.63. The number of benzene rings is 3. The summed E-state index contributed by atoms with van der Waals surface area (Å²) in [5.41, 5.74) is 0.534. The molecule has 0 unspecified atom stereocenters. The number of urea groups is 1. The molecule has 0 radical (unpaired) electrons. The van der Waals surface area contributed by atoms with Crippen LogP contribution in [0.25, 0.3) is 22.0 Å². The van der Waals surface area contributed by atoms with E-state index in [9.17, 15) is 22.8 Å². The highest BCUT2D eigenvalue weighted by molar-refractivity contribution is 7.14. The molecule has 0 aliphatic carbocycles. The quantitative estimate of drug-likeness (QED) is 0.233. The van der Waals surface area contributed by atoms with Gasteiger partial charge in [-0.05, 0) is 41.3 Å². The summed E-state index contributed by atoms with van der Waals surface area (Å²) in [6, 6.07) is 21.9. The number of pyridine rings is 1. The van der Waals surface area contributed by atoms with Crippen molar-refractivity contribution in [2.24, 2.45) is 0 Å². The first-order chi connectivity index (χ1) is 17.8. The third-order valence-electron chi connectivity index (χ3n) is 5.65. The largest absolute Gasteiger partial charge is 0.418 e. The van der Waals surface area contributed by atoms with Crippen molar-refractivity contribution >= 4 is 44.7 Å². The first-order valence-corrected chi connectivity index (χ1v) is 12.0. The van der Waals surface area contributed by atoms with Gasteiger partial charge in [-0.2, -0.15) is 13.2 Å². The lowest BCUT2D eigenvalue weighted by Gasteiger charge is -2.16. The first kappa shape index (κ1) is 24.2. The number of alkyl halides is 3. The van der Waals surface area contributed by atoms with E-state index in [1.807, 2.05) is 5.38 Å². The van der Waals surface area contributed by atoms with Crippen LogP contribution in [-0.2, 0) is 6.18 Å². The Morgan fingerprint density at radius 1 is 0.838 bits per heavy atom. The van der Waals surface area contributed by atoms with Gasteiger partial charge in [0.2, 0.25) is 0 Å². The van der Waals surface area contributed by atoms with Gasteiger partial charge in [0.05, 0.1) is 16.1 Å². The molecule has 2 amide bonds. The van der Waals surface area contributed by atoms with Gasteiger partial charge in [-0.3, -0.25) is 15.1 Å². The summed E-state index contributed by atoms with van der Waals surface area (Å²) in [7, 11) is 0. The van der Waals surface area contributed by atoms with Gasteiger partial charge >= 0.3 is 12.2 Å². The predicted octanol–water partition coefficient (Wildman–Crippen LogP) is 7.86. The van der Waals surface area contributed by atoms with Crippen LogP contribution in [0.1, 0.15) is 21.5 Å². The van der Waals surface area contributed by atoms with E-state index < -0.39 is 17.8 Å². The monoisotopic (exact) mass is 517 g/mol. The average Bonchev–Trinajstić information content (AvgIpc) is 3.40. The van der Waals surface area contributed by atoms with Gasteiger partial charge in [0.25, 0.3) is 0 Å². The number of rotatable bonds is 5. The number of nitrogens with zero attached hydrogens (tertiary/aromatic N) is 1. The van der Waals surface area contributed by atoms with Crippen LogP contribution in [-0.4, -0.2) is 16.8 Å². The molecule has 184 valence electrons. The molecule has 0 bridgehead atoms. The van der Waals surface area contributed by atoms with E-state index in [0.29, 0.717) is 27.4 Å². The molecule has 0 saturated heterocycles. The Kier molecular flexibility index (Phi) is 6.45. The van der Waals surface area contributed by atoms with E-state index in [2.05, 4.69) is 15.6 Å². The molecule has 5 nitrogen and oxygen atoms in total. The third kappa shape index (κ3) is 5.07. The van der Waals surface area contributed by atoms with Gasteiger partial charge in [0, 0.05) is 34.0 Å². The number of aromatic nitrogens is 1. The van der Waals surface area contributed by atoms with Crippen molar-refractivity contribution in [2.75, 3.05) is 10.6 Å². The predicted molar refractivity (Wildman–Crippen MR) is 139 cm³/mol. The van der Waals surface area contributed by atoms with Gasteiger partial charge in [-0.15, -0.1) is 11.3 Å². The van der Waals surface area contributed by atoms with Gasteiger partial charge < -0.3 is 5.32 Å². The van der Waals surface area contributed by atoms with Crippen molar-refractivity contribution in [1.29, 1.82) is 0 Å². The van der Waals surface area contributed by atoms with E-state index in [0.717, 1.165) is 6.07 Å². The Morgan fingerprint density at radius 3 is 2.35 bits per heavy atom. The van der Waals surface area contributed by atoms with Crippen LogP contribution in [0, 0.1) is 0 Å². The van der Waals surface area contributed by atoms with Crippen LogP contribution in [0.4, 0.5) is 28.7 Å². The number of fused-ring (bicyclic) bond motifs is 1. The van der Waals surface area contributed by atoms with Crippen LogP contribution in [0.15, 0.2) is 96.5 Å². The number of hydrogen-bond donors (Lipinski definition) is 2. The third-order valence-corrected chi connectivity index (χ3v) is 6.44. The second-order valence-electron chi connectivity index (χ2n) is 8.08. The second kappa shape index (κ2) is 9.87. The highest BCUT2D eigenvalue weighted by Gasteiger charge is 2.34. The number of halogens is 3. The summed E-state index contributed by atoms with van der Waals surface area (Å²) < 4.78 is 41.3. The molecule has 0 fully saturated rings. The Morgan fingerprint density at radius 2 is 1.62 bits per heavy atom. The Balaban J connectivity index is 1.64. The average molecular weight is 518 g/mol. The number of para-hydroxylation sites is 1. The topological polar surface area (TPSA) is 71.1 Å². The van der Waals surface area contributed by atoms with E-state index in [1.165, 1.54) is 29.7 Å². The molecule has 5 rings (SSSR count). The van der Waals surface area contributed by atoms with E-state index in [4.69, 9.17) is 0 Å². The maximum Gasteiger partial charge on any atom is 0.418 e. The molecular formula is C28H18F3N3O2S. The zero-order valence-electron chi connectivity index (χ0n) is 19.0. The standard InChI is InChI=1S/C28H18F3N3O2S/c29-28(30,31)22-12-5-11-20-24(21(16-32-25(20)22)26(35)17-7-2-1-3-8-17)18-9-4-10-19(15-18)33-27(36)34-23-13-6-14-37-23/h1-16H,(H2,33,34,36). The molecule has 2 aromatic heterocycles. The molecule has 0 aliphatic rings. The Labute approximate surface area is 213 Å². The van der Waals surface area contributed by atoms with E-state index in [-0.39, 0.29) is 22.2 Å². The summed E-state index contributed by atoms with van der Waals surface area (Å²) in [6.45, 7) is 0. The van der Waals surface area contributed by atoms with Gasteiger partial charge in [0.1, 0.15) is 0 Å². The van der Waals surface area contributed by atoms with Crippen LogP contribution < -0.4 is 10.6 Å². The highest BCUT2D eigenvalue weighted by atomic mass is 32.1. The summed E-state index contributed by atoms with van der Waals surface area (Å²) in [5, 5.41) is 8.10. The maximum absolute atomic E-state index is 13.8. The van der Waals surface area contributed by atoms with Crippen LogP contribution in [0.2, 0.25) is 0 Å². The number of anilines is 2. The fourth-order valence-electron chi connectivity index (χ4n) is 4.06. The zero-order valence-corrected chi connectivity index (χ0v) is 19.9. The number of ketones is 1. The number of amides is 2. The van der Waals surface area contributed by atoms with Crippen molar-refractivity contribution in [3.05, 3.63) is 113 Å². The number of nitrogens with one attached hydrogen (secondary N) is 2. The minimum Gasteiger partial charge on any atom is -0.308 e. The number of thiophene rings is 1. The van der Waals surface area contributed by atoms with Crippen molar-refractivity contribution in [2.45, 2.75) is 6.18 Å². The molecule has 0 spiro atoms. The molecule has 0 atom stereocenters. The Hall–Kier alpha value is -4.50. The molecule has 2 N–H and O–H groups in total. The van der Waals surface area contributed by atoms with Crippen molar-refractivity contribution in [1.82, 2.24) is 4.98 Å². The fraction of sp³-hybridized carbons (Fsp3) is 0.0357. The summed E-state index contributed by atoms with van der Waals surface area (Å²) in [4.78, 5) is 30.0. The Bertz CT molecular complexity index is 1600. The summed E-state index contributed by atoms with van der Waals surface area (Å²) in [6.07, 6.45) is -3.44. The lowest BCUT2D eigenvalue weighted by molar-refractivity contribution is -0.136. The van der Waals surface area contributed by atoms with E-state index >= 15 is 0 Å². The molecule has 5 aromatic rings. The van der Waals surface area contributed by atoms with Gasteiger partial charge in [-0.1, -0.05) is 54.6 Å². The molecule has 3 aromatic carbocycles. The van der Waals surface area contributed by atoms with Crippen LogP contribution in [0.3, 0.4) is 0 Å². The smallest absolute Gasteiger partial charge is 0.308 e. The summed E-state index contributed by atoms with van der Waals surface area (Å²) >= 11 is 1.36. The molecule has 0 saturated carbocycles. The molecular weight excluding hydrogens is 499 g/mol. The lowest BCUT2D eigenvalue weighted by atomic mass is 9.91. The van der Waals surface area contributed by atoms with Crippen LogP contribution >= 0.6 is 11.3 Å². The van der Waals surface area contributed by atoms with Crippen LogP contribution in [0.5, 0.6) is 0 Å². The van der Waals surface area contributed by atoms with E-state index in [1.54, 1.807) is 66.7 Å². The number of carbonyl (C=O) groups is 2. The molecule has 0 aliphatic heterocycles. The molecule has 9 heteroatoms. The SMILES string of the molecule is O=C(Nc1cccc(-c2c(C(=O)c3ccccc3)cnc3c(C(F)(F)F)cccc23)c1)Nc1cccs1. The minimum absolute atomic E-state index is 0.151. The molecule has 2 heterocycles.